The van der Waals surface area contributed by atoms with Gasteiger partial charge in [0.2, 0.25) is 0 Å². The number of aryl methyl sites for hydroxylation is 1. The van der Waals surface area contributed by atoms with Crippen LogP contribution in [-0.4, -0.2) is 20.2 Å². The maximum Gasteiger partial charge on any atom is 0.181 e. The summed E-state index contributed by atoms with van der Waals surface area (Å²) >= 11 is 0. The van der Waals surface area contributed by atoms with E-state index in [1.807, 2.05) is 6.92 Å². The summed E-state index contributed by atoms with van der Waals surface area (Å²) < 4.78 is 5.14. The van der Waals surface area contributed by atoms with E-state index in [0.717, 1.165) is 5.69 Å². The third-order valence-corrected chi connectivity index (χ3v) is 1.77. The highest BCUT2D eigenvalue weighted by Crippen LogP contribution is 2.18. The van der Waals surface area contributed by atoms with Crippen molar-refractivity contribution < 1.29 is 4.42 Å². The van der Waals surface area contributed by atoms with Gasteiger partial charge in [-0.2, -0.15) is 0 Å². The Hall–Kier alpha value is -1.82. The summed E-state index contributed by atoms with van der Waals surface area (Å²) in [6, 6.07) is 0. The van der Waals surface area contributed by atoms with Gasteiger partial charge in [0.05, 0.1) is 18.4 Å². The standard InChI is InChI=1S/C8H9N5O/c1-5-8(14-4-11-5)6-3-10-7(2-9)13-12-6/h3-4H,2,9H2,1H3. The second-order valence-corrected chi connectivity index (χ2v) is 2.73. The summed E-state index contributed by atoms with van der Waals surface area (Å²) in [6.45, 7) is 2.11. The lowest BCUT2D eigenvalue weighted by atomic mass is 10.3. The van der Waals surface area contributed by atoms with Gasteiger partial charge in [0, 0.05) is 0 Å². The average Bonchev–Trinajstić information content (AvgIpc) is 2.65. The van der Waals surface area contributed by atoms with E-state index < -0.39 is 0 Å². The highest BCUT2D eigenvalue weighted by molar-refractivity contribution is 5.51. The highest BCUT2D eigenvalue weighted by atomic mass is 16.3. The first-order valence-corrected chi connectivity index (χ1v) is 4.10. The second-order valence-electron chi connectivity index (χ2n) is 2.73. The SMILES string of the molecule is Cc1ncoc1-c1cnc(CN)nn1. The van der Waals surface area contributed by atoms with Crippen molar-refractivity contribution >= 4 is 0 Å². The molecule has 72 valence electrons. The van der Waals surface area contributed by atoms with E-state index in [1.54, 1.807) is 6.20 Å². The molecule has 2 rings (SSSR count). The lowest BCUT2D eigenvalue weighted by Crippen LogP contribution is -2.04. The lowest BCUT2D eigenvalue weighted by molar-refractivity contribution is 0.567. The molecular weight excluding hydrogens is 182 g/mol. The molecule has 2 aromatic rings. The Morgan fingerprint density at radius 2 is 2.21 bits per heavy atom. The Morgan fingerprint density at radius 3 is 2.71 bits per heavy atom. The predicted octanol–water partition coefficient (Wildman–Crippen LogP) is 0.294. The molecular formula is C8H9N5O. The lowest BCUT2D eigenvalue weighted by Gasteiger charge is -1.96. The first-order valence-electron chi connectivity index (χ1n) is 4.10. The first-order chi connectivity index (χ1) is 6.81. The van der Waals surface area contributed by atoms with E-state index in [2.05, 4.69) is 20.2 Å². The molecule has 6 nitrogen and oxygen atoms in total. The predicted molar refractivity (Wildman–Crippen MR) is 48.0 cm³/mol. The quantitative estimate of drug-likeness (QED) is 0.733. The number of nitrogens with two attached hydrogens (primary N) is 1. The van der Waals surface area contributed by atoms with Crippen LogP contribution >= 0.6 is 0 Å². The molecule has 0 aromatic carbocycles. The van der Waals surface area contributed by atoms with Gasteiger partial charge in [0.1, 0.15) is 5.69 Å². The minimum absolute atomic E-state index is 0.280. The third-order valence-electron chi connectivity index (χ3n) is 1.77. The largest absolute Gasteiger partial charge is 0.441 e. The van der Waals surface area contributed by atoms with Crippen molar-refractivity contribution in [3.63, 3.8) is 0 Å². The minimum Gasteiger partial charge on any atom is -0.441 e. The molecule has 0 saturated carbocycles. The van der Waals surface area contributed by atoms with Crippen molar-refractivity contribution in [1.82, 2.24) is 20.2 Å². The molecule has 0 aliphatic carbocycles. The van der Waals surface area contributed by atoms with Gasteiger partial charge in [0.25, 0.3) is 0 Å². The molecule has 2 aromatic heterocycles. The van der Waals surface area contributed by atoms with E-state index in [1.165, 1.54) is 6.39 Å². The zero-order valence-corrected chi connectivity index (χ0v) is 7.64. The van der Waals surface area contributed by atoms with Gasteiger partial charge < -0.3 is 10.2 Å². The van der Waals surface area contributed by atoms with Crippen molar-refractivity contribution in [2.45, 2.75) is 13.5 Å². The van der Waals surface area contributed by atoms with E-state index in [0.29, 0.717) is 17.3 Å². The van der Waals surface area contributed by atoms with Crippen LogP contribution in [0.25, 0.3) is 11.5 Å². The molecule has 2 heterocycles. The van der Waals surface area contributed by atoms with Gasteiger partial charge in [-0.1, -0.05) is 0 Å². The van der Waals surface area contributed by atoms with Gasteiger partial charge >= 0.3 is 0 Å². The van der Waals surface area contributed by atoms with E-state index in [4.69, 9.17) is 10.2 Å². The number of rotatable bonds is 2. The highest BCUT2D eigenvalue weighted by Gasteiger charge is 2.09. The van der Waals surface area contributed by atoms with Gasteiger partial charge in [-0.15, -0.1) is 10.2 Å². The molecule has 0 spiro atoms. The molecule has 0 unspecified atom stereocenters. The van der Waals surface area contributed by atoms with Crippen LogP contribution in [0.1, 0.15) is 11.5 Å². The molecule has 0 saturated heterocycles. The maximum absolute atomic E-state index is 5.35. The van der Waals surface area contributed by atoms with Crippen LogP contribution in [0.15, 0.2) is 17.0 Å². The molecule has 0 amide bonds. The molecule has 0 bridgehead atoms. The average molecular weight is 191 g/mol. The Bertz CT molecular complexity index is 422. The fourth-order valence-corrected chi connectivity index (χ4v) is 1.04. The summed E-state index contributed by atoms with van der Waals surface area (Å²) in [5, 5.41) is 7.75. The van der Waals surface area contributed by atoms with Crippen LogP contribution in [0.3, 0.4) is 0 Å². The van der Waals surface area contributed by atoms with Crippen LogP contribution in [0.4, 0.5) is 0 Å². The Balaban J connectivity index is 2.39. The van der Waals surface area contributed by atoms with Crippen molar-refractivity contribution in [2.75, 3.05) is 0 Å². The van der Waals surface area contributed by atoms with Crippen LogP contribution < -0.4 is 5.73 Å². The monoisotopic (exact) mass is 191 g/mol. The molecule has 0 radical (unpaired) electrons. The summed E-state index contributed by atoms with van der Waals surface area (Å²) in [4.78, 5) is 7.96. The van der Waals surface area contributed by atoms with Gasteiger partial charge in [-0.25, -0.2) is 9.97 Å². The molecule has 0 aliphatic heterocycles. The molecule has 0 aliphatic rings. The van der Waals surface area contributed by atoms with Crippen molar-refractivity contribution in [3.05, 3.63) is 24.1 Å². The topological polar surface area (TPSA) is 90.7 Å². The number of nitrogens with zero attached hydrogens (tertiary/aromatic N) is 4. The zero-order chi connectivity index (χ0) is 9.97. The maximum atomic E-state index is 5.35. The first kappa shape index (κ1) is 8.76. The van der Waals surface area contributed by atoms with Crippen LogP contribution in [-0.2, 0) is 6.54 Å². The van der Waals surface area contributed by atoms with Gasteiger partial charge in [-0.3, -0.25) is 0 Å². The van der Waals surface area contributed by atoms with Crippen LogP contribution in [0, 0.1) is 6.92 Å². The molecule has 0 atom stereocenters. The van der Waals surface area contributed by atoms with E-state index >= 15 is 0 Å². The van der Waals surface area contributed by atoms with Gasteiger partial charge in [-0.05, 0) is 6.92 Å². The summed E-state index contributed by atoms with van der Waals surface area (Å²) in [5.41, 5.74) is 6.68. The Kier molecular flexibility index (Phi) is 2.19. The normalized spacial score (nSPS) is 10.4. The third kappa shape index (κ3) is 1.47. The Morgan fingerprint density at radius 1 is 1.36 bits per heavy atom. The summed E-state index contributed by atoms with van der Waals surface area (Å²) in [6.07, 6.45) is 2.94. The molecule has 2 N–H and O–H groups in total. The summed E-state index contributed by atoms with van der Waals surface area (Å²) in [5.74, 6) is 1.10. The number of hydrogen-bond donors (Lipinski definition) is 1. The van der Waals surface area contributed by atoms with Gasteiger partial charge in [0.15, 0.2) is 18.0 Å². The second kappa shape index (κ2) is 3.51. The number of oxazole rings is 1. The molecule has 6 heteroatoms. The number of hydrogen-bond acceptors (Lipinski definition) is 6. The fraction of sp³-hybridized carbons (Fsp3) is 0.250. The summed E-state index contributed by atoms with van der Waals surface area (Å²) in [7, 11) is 0. The van der Waals surface area contributed by atoms with Crippen molar-refractivity contribution in [3.8, 4) is 11.5 Å². The molecule has 0 fully saturated rings. The van der Waals surface area contributed by atoms with E-state index in [-0.39, 0.29) is 6.54 Å². The van der Waals surface area contributed by atoms with Crippen molar-refractivity contribution in [1.29, 1.82) is 0 Å². The Labute approximate surface area is 80.2 Å². The van der Waals surface area contributed by atoms with E-state index in [9.17, 15) is 0 Å². The van der Waals surface area contributed by atoms with Crippen LogP contribution in [0.5, 0.6) is 0 Å². The molecule has 14 heavy (non-hydrogen) atoms. The van der Waals surface area contributed by atoms with Crippen molar-refractivity contribution in [2.24, 2.45) is 5.73 Å². The minimum atomic E-state index is 0.280. The smallest absolute Gasteiger partial charge is 0.181 e. The zero-order valence-electron chi connectivity index (χ0n) is 7.64. The number of aromatic nitrogens is 4. The fourth-order valence-electron chi connectivity index (χ4n) is 1.04. The van der Waals surface area contributed by atoms with Crippen LogP contribution in [0.2, 0.25) is 0 Å².